The van der Waals surface area contributed by atoms with E-state index in [0.29, 0.717) is 35.0 Å². The molecule has 3 aromatic carbocycles. The van der Waals surface area contributed by atoms with Crippen LogP contribution >= 0.6 is 11.3 Å². The highest BCUT2D eigenvalue weighted by Gasteiger charge is 2.33. The molecule has 0 aliphatic carbocycles. The van der Waals surface area contributed by atoms with Crippen molar-refractivity contribution in [1.29, 1.82) is 0 Å². The van der Waals surface area contributed by atoms with Crippen LogP contribution in [0.15, 0.2) is 88.3 Å². The average Bonchev–Trinajstić information content (AvgIpc) is 3.45. The number of hydrogen-bond donors (Lipinski definition) is 1. The summed E-state index contributed by atoms with van der Waals surface area (Å²) in [6.07, 6.45) is 0. The zero-order valence-corrected chi connectivity index (χ0v) is 20.9. The highest BCUT2D eigenvalue weighted by molar-refractivity contribution is 7.07. The number of benzene rings is 3. The molecule has 9 heteroatoms. The Bertz CT molecular complexity index is 1620. The zero-order valence-electron chi connectivity index (χ0n) is 20.0. The van der Waals surface area contributed by atoms with Crippen LogP contribution in [-0.2, 0) is 16.1 Å². The Kier molecular flexibility index (Phi) is 5.90. The smallest absolute Gasteiger partial charge is 0.279 e. The Labute approximate surface area is 217 Å². The average molecular weight is 510 g/mol. The standard InChI is InChI=1S/C28H23N5O3S/c1-2-32-22-11-7-6-10-20(22)26(27(32)35)31-33-23(17-37-28(33)29-15-18-8-4-3-5-9-18)19-12-13-24-21(14-19)30-25(34)16-36-24/h3-14,17H,2,15-16H2,1H3,(H,30,34). The number of ether oxygens (including phenoxy) is 1. The molecule has 0 spiro atoms. The van der Waals surface area contributed by atoms with Crippen LogP contribution in [0.1, 0.15) is 18.1 Å². The van der Waals surface area contributed by atoms with Gasteiger partial charge in [0.25, 0.3) is 11.8 Å². The van der Waals surface area contributed by atoms with Gasteiger partial charge in [-0.15, -0.1) is 11.3 Å². The monoisotopic (exact) mass is 509 g/mol. The van der Waals surface area contributed by atoms with E-state index in [0.717, 1.165) is 28.1 Å². The van der Waals surface area contributed by atoms with Gasteiger partial charge in [0, 0.05) is 23.1 Å². The molecule has 2 amide bonds. The maximum absolute atomic E-state index is 13.4. The number of thiazole rings is 1. The second kappa shape index (κ2) is 9.51. The molecular weight excluding hydrogens is 486 g/mol. The normalized spacial score (nSPS) is 16.0. The van der Waals surface area contributed by atoms with Gasteiger partial charge >= 0.3 is 0 Å². The Balaban J connectivity index is 1.51. The van der Waals surface area contributed by atoms with E-state index in [9.17, 15) is 9.59 Å². The van der Waals surface area contributed by atoms with E-state index in [1.165, 1.54) is 11.3 Å². The van der Waals surface area contributed by atoms with Gasteiger partial charge in [-0.05, 0) is 36.8 Å². The molecule has 0 saturated heterocycles. The molecular formula is C28H23N5O3S. The summed E-state index contributed by atoms with van der Waals surface area (Å²) < 4.78 is 7.25. The number of hydrogen-bond acceptors (Lipinski definition) is 6. The summed E-state index contributed by atoms with van der Waals surface area (Å²) in [6.45, 7) is 2.97. The van der Waals surface area contributed by atoms with Crippen LogP contribution in [-0.4, -0.2) is 35.4 Å². The molecule has 0 unspecified atom stereocenters. The van der Waals surface area contributed by atoms with Gasteiger partial charge in [-0.2, -0.15) is 5.10 Å². The number of aromatic nitrogens is 1. The third-order valence-electron chi connectivity index (χ3n) is 6.25. The number of anilines is 2. The second-order valence-corrected chi connectivity index (χ2v) is 9.42. The number of nitrogens with zero attached hydrogens (tertiary/aromatic N) is 4. The largest absolute Gasteiger partial charge is 0.482 e. The minimum absolute atomic E-state index is 0.00356. The quantitative estimate of drug-likeness (QED) is 0.436. The van der Waals surface area contributed by atoms with Gasteiger partial charge in [-0.3, -0.25) is 14.6 Å². The fourth-order valence-electron chi connectivity index (χ4n) is 4.46. The summed E-state index contributed by atoms with van der Waals surface area (Å²) in [4.78, 5) is 32.5. The first kappa shape index (κ1) is 22.9. The number of fused-ring (bicyclic) bond motifs is 2. The highest BCUT2D eigenvalue weighted by atomic mass is 32.1. The van der Waals surface area contributed by atoms with Crippen molar-refractivity contribution in [2.24, 2.45) is 10.1 Å². The Morgan fingerprint density at radius 3 is 2.68 bits per heavy atom. The molecule has 3 heterocycles. The lowest BCUT2D eigenvalue weighted by Gasteiger charge is -2.18. The molecule has 0 radical (unpaired) electrons. The van der Waals surface area contributed by atoms with Gasteiger partial charge in [0.05, 0.1) is 23.6 Å². The van der Waals surface area contributed by atoms with Crippen LogP contribution in [0.4, 0.5) is 11.4 Å². The summed E-state index contributed by atoms with van der Waals surface area (Å²) in [5.74, 6) is 0.270. The molecule has 0 saturated carbocycles. The molecule has 6 rings (SSSR count). The summed E-state index contributed by atoms with van der Waals surface area (Å²) in [5, 5.41) is 9.72. The van der Waals surface area contributed by atoms with Crippen molar-refractivity contribution < 1.29 is 14.3 Å². The molecule has 0 atom stereocenters. The Hall–Kier alpha value is -4.50. The molecule has 37 heavy (non-hydrogen) atoms. The van der Waals surface area contributed by atoms with E-state index < -0.39 is 0 Å². The first-order chi connectivity index (χ1) is 18.1. The maximum atomic E-state index is 13.4. The molecule has 1 aromatic heterocycles. The van der Waals surface area contributed by atoms with E-state index in [-0.39, 0.29) is 18.4 Å². The number of likely N-dealkylation sites (N-methyl/N-ethyl adjacent to an activating group) is 1. The van der Waals surface area contributed by atoms with Crippen LogP contribution in [0, 0.1) is 0 Å². The first-order valence-electron chi connectivity index (χ1n) is 11.9. The van der Waals surface area contributed by atoms with Crippen LogP contribution in [0.5, 0.6) is 5.75 Å². The second-order valence-electron chi connectivity index (χ2n) is 8.58. The van der Waals surface area contributed by atoms with Crippen LogP contribution in [0.2, 0.25) is 0 Å². The third-order valence-corrected chi connectivity index (χ3v) is 7.10. The summed E-state index contributed by atoms with van der Waals surface area (Å²) in [7, 11) is 0. The maximum Gasteiger partial charge on any atom is 0.279 e. The van der Waals surface area contributed by atoms with Crippen molar-refractivity contribution in [3.63, 3.8) is 0 Å². The van der Waals surface area contributed by atoms with Gasteiger partial charge in [0.15, 0.2) is 12.3 Å². The van der Waals surface area contributed by atoms with Gasteiger partial charge in [-0.1, -0.05) is 48.5 Å². The number of para-hydroxylation sites is 1. The van der Waals surface area contributed by atoms with Gasteiger partial charge < -0.3 is 15.0 Å². The van der Waals surface area contributed by atoms with E-state index in [2.05, 4.69) is 5.32 Å². The molecule has 8 nitrogen and oxygen atoms in total. The topological polar surface area (TPSA) is 88.3 Å². The van der Waals surface area contributed by atoms with E-state index >= 15 is 0 Å². The van der Waals surface area contributed by atoms with Gasteiger partial charge in [0.2, 0.25) is 4.80 Å². The summed E-state index contributed by atoms with van der Waals surface area (Å²) in [5.41, 5.74) is 5.25. The minimum Gasteiger partial charge on any atom is -0.482 e. The fourth-order valence-corrected chi connectivity index (χ4v) is 5.29. The number of amides is 2. The van der Waals surface area contributed by atoms with Crippen LogP contribution < -0.4 is 19.8 Å². The predicted octanol–water partition coefficient (Wildman–Crippen LogP) is 4.27. The van der Waals surface area contributed by atoms with E-state index in [4.69, 9.17) is 14.8 Å². The number of carbonyl (C=O) groups excluding carboxylic acids is 2. The number of carbonyl (C=O) groups is 2. The van der Waals surface area contributed by atoms with Crippen molar-refractivity contribution >= 4 is 40.2 Å². The lowest BCUT2D eigenvalue weighted by molar-refractivity contribution is -0.118. The van der Waals surface area contributed by atoms with Crippen LogP contribution in [0.3, 0.4) is 0 Å². The van der Waals surface area contributed by atoms with Crippen molar-refractivity contribution in [3.8, 4) is 17.0 Å². The number of nitrogens with one attached hydrogen (secondary N) is 1. The van der Waals surface area contributed by atoms with Crippen molar-refractivity contribution in [3.05, 3.63) is 94.1 Å². The zero-order chi connectivity index (χ0) is 25.4. The van der Waals surface area contributed by atoms with Gasteiger partial charge in [0.1, 0.15) is 5.75 Å². The molecule has 0 bridgehead atoms. The third kappa shape index (κ3) is 4.23. The first-order valence-corrected chi connectivity index (χ1v) is 12.8. The molecule has 0 fully saturated rings. The van der Waals surface area contributed by atoms with Crippen LogP contribution in [0.25, 0.3) is 11.3 Å². The molecule has 4 aromatic rings. The lowest BCUT2D eigenvalue weighted by atomic mass is 10.1. The summed E-state index contributed by atoms with van der Waals surface area (Å²) >= 11 is 1.45. The SMILES string of the molecule is CCN1C(=O)C(=Nn2c(-c3ccc4c(c3)NC(=O)CO4)csc2=NCc2ccccc2)c2ccccc21. The van der Waals surface area contributed by atoms with E-state index in [1.54, 1.807) is 9.58 Å². The summed E-state index contributed by atoms with van der Waals surface area (Å²) in [6, 6.07) is 23.3. The Morgan fingerprint density at radius 2 is 1.84 bits per heavy atom. The minimum atomic E-state index is -0.200. The lowest BCUT2D eigenvalue weighted by Crippen LogP contribution is -2.30. The molecule has 184 valence electrons. The van der Waals surface area contributed by atoms with Crippen molar-refractivity contribution in [2.75, 3.05) is 23.4 Å². The van der Waals surface area contributed by atoms with E-state index in [1.807, 2.05) is 85.1 Å². The Morgan fingerprint density at radius 1 is 1.03 bits per heavy atom. The fraction of sp³-hybridized carbons (Fsp3) is 0.143. The molecule has 1 N–H and O–H groups in total. The molecule has 2 aliphatic rings. The van der Waals surface area contributed by atoms with Crippen molar-refractivity contribution in [2.45, 2.75) is 13.5 Å². The number of rotatable bonds is 5. The van der Waals surface area contributed by atoms with Crippen molar-refractivity contribution in [1.82, 2.24) is 4.68 Å². The molecule has 2 aliphatic heterocycles. The highest BCUT2D eigenvalue weighted by Crippen LogP contribution is 2.34. The van der Waals surface area contributed by atoms with Gasteiger partial charge in [-0.25, -0.2) is 4.68 Å². The predicted molar refractivity (Wildman–Crippen MR) is 144 cm³/mol.